The molecular weight excluding hydrogens is 266 g/mol. The topological polar surface area (TPSA) is 60.2 Å². The summed E-state index contributed by atoms with van der Waals surface area (Å²) in [6.45, 7) is 10.6. The standard InChI is InChI=1S/C16H27N3O2/c1-15(2)8-11(9-16(3,4)19-15)7-13-17-14(18-21-13)12-5-6-20-10-12/h11-12,19H,5-10H2,1-4H3/t12-/m0/s1. The van der Waals surface area contributed by atoms with E-state index in [4.69, 9.17) is 9.26 Å². The Morgan fingerprint density at radius 1 is 1.19 bits per heavy atom. The van der Waals surface area contributed by atoms with Gasteiger partial charge < -0.3 is 14.6 Å². The van der Waals surface area contributed by atoms with Crippen molar-refractivity contribution >= 4 is 0 Å². The van der Waals surface area contributed by atoms with E-state index in [-0.39, 0.29) is 11.1 Å². The quantitative estimate of drug-likeness (QED) is 0.928. The van der Waals surface area contributed by atoms with Crippen molar-refractivity contribution in [3.8, 4) is 0 Å². The average Bonchev–Trinajstić information content (AvgIpc) is 2.93. The Morgan fingerprint density at radius 2 is 1.90 bits per heavy atom. The first-order valence-corrected chi connectivity index (χ1v) is 8.03. The Labute approximate surface area is 126 Å². The fraction of sp³-hybridized carbons (Fsp3) is 0.875. The lowest BCUT2D eigenvalue weighted by Gasteiger charge is -2.46. The van der Waals surface area contributed by atoms with Crippen molar-refractivity contribution < 1.29 is 9.26 Å². The van der Waals surface area contributed by atoms with Crippen LogP contribution in [0.1, 0.15) is 64.6 Å². The van der Waals surface area contributed by atoms with Gasteiger partial charge in [0.05, 0.1) is 6.61 Å². The van der Waals surface area contributed by atoms with Crippen molar-refractivity contribution in [3.05, 3.63) is 11.7 Å². The molecule has 0 unspecified atom stereocenters. The molecule has 0 aromatic carbocycles. The van der Waals surface area contributed by atoms with E-state index in [0.717, 1.165) is 50.6 Å². The number of nitrogens with one attached hydrogen (secondary N) is 1. The van der Waals surface area contributed by atoms with Gasteiger partial charge in [0, 0.05) is 30.0 Å². The van der Waals surface area contributed by atoms with Gasteiger partial charge >= 0.3 is 0 Å². The first-order valence-electron chi connectivity index (χ1n) is 8.03. The monoisotopic (exact) mass is 293 g/mol. The van der Waals surface area contributed by atoms with Gasteiger partial charge in [-0.25, -0.2) is 0 Å². The second kappa shape index (κ2) is 5.36. The SMILES string of the molecule is CC1(C)CC(Cc2nc([C@H]3CCOC3)no2)CC(C)(C)N1. The third-order valence-electron chi connectivity index (χ3n) is 4.52. The highest BCUT2D eigenvalue weighted by molar-refractivity contribution is 5.01. The normalized spacial score (nSPS) is 28.9. The number of rotatable bonds is 3. The predicted molar refractivity (Wildman–Crippen MR) is 80.2 cm³/mol. The van der Waals surface area contributed by atoms with E-state index in [1.807, 2.05) is 0 Å². The van der Waals surface area contributed by atoms with Gasteiger partial charge in [0.25, 0.3) is 0 Å². The molecule has 3 heterocycles. The van der Waals surface area contributed by atoms with Crippen molar-refractivity contribution in [2.24, 2.45) is 5.92 Å². The van der Waals surface area contributed by atoms with Gasteiger partial charge in [0.1, 0.15) is 0 Å². The second-order valence-electron chi connectivity index (χ2n) is 7.98. The summed E-state index contributed by atoms with van der Waals surface area (Å²) in [5.74, 6) is 2.53. The first-order chi connectivity index (χ1) is 9.83. The van der Waals surface area contributed by atoms with Gasteiger partial charge in [-0.15, -0.1) is 0 Å². The minimum atomic E-state index is 0.161. The van der Waals surface area contributed by atoms with Crippen molar-refractivity contribution in [3.63, 3.8) is 0 Å². The highest BCUT2D eigenvalue weighted by atomic mass is 16.5. The fourth-order valence-electron chi connectivity index (χ4n) is 4.18. The van der Waals surface area contributed by atoms with E-state index in [1.54, 1.807) is 0 Å². The van der Waals surface area contributed by atoms with Crippen molar-refractivity contribution in [2.75, 3.05) is 13.2 Å². The Kier molecular flexibility index (Phi) is 3.82. The van der Waals surface area contributed by atoms with Crippen LogP contribution < -0.4 is 5.32 Å². The molecular formula is C16H27N3O2. The number of hydrogen-bond donors (Lipinski definition) is 1. The zero-order chi connectivity index (χ0) is 15.1. The van der Waals surface area contributed by atoms with Crippen LogP contribution in [0.2, 0.25) is 0 Å². The minimum Gasteiger partial charge on any atom is -0.381 e. The van der Waals surface area contributed by atoms with Crippen LogP contribution in [0.15, 0.2) is 4.52 Å². The Balaban J connectivity index is 1.66. The summed E-state index contributed by atoms with van der Waals surface area (Å²) in [5.41, 5.74) is 0.323. The van der Waals surface area contributed by atoms with E-state index in [2.05, 4.69) is 43.2 Å². The molecule has 2 aliphatic rings. The molecule has 118 valence electrons. The largest absolute Gasteiger partial charge is 0.381 e. The summed E-state index contributed by atoms with van der Waals surface area (Å²) >= 11 is 0. The fourth-order valence-corrected chi connectivity index (χ4v) is 4.18. The molecule has 0 bridgehead atoms. The van der Waals surface area contributed by atoms with Crippen LogP contribution in [0.4, 0.5) is 0 Å². The Hall–Kier alpha value is -0.940. The molecule has 0 amide bonds. The molecule has 3 rings (SSSR count). The smallest absolute Gasteiger partial charge is 0.226 e. The summed E-state index contributed by atoms with van der Waals surface area (Å²) in [6.07, 6.45) is 4.17. The van der Waals surface area contributed by atoms with Gasteiger partial charge in [-0.3, -0.25) is 0 Å². The van der Waals surface area contributed by atoms with Crippen LogP contribution in [0, 0.1) is 5.92 Å². The summed E-state index contributed by atoms with van der Waals surface area (Å²) in [5, 5.41) is 7.87. The van der Waals surface area contributed by atoms with Crippen molar-refractivity contribution in [1.82, 2.24) is 15.5 Å². The van der Waals surface area contributed by atoms with Gasteiger partial charge in [0.15, 0.2) is 5.82 Å². The molecule has 5 heteroatoms. The summed E-state index contributed by atoms with van der Waals surface area (Å²) in [6, 6.07) is 0. The van der Waals surface area contributed by atoms with E-state index in [0.29, 0.717) is 11.8 Å². The maximum atomic E-state index is 5.48. The number of hydrogen-bond acceptors (Lipinski definition) is 5. The van der Waals surface area contributed by atoms with Crippen LogP contribution >= 0.6 is 0 Å². The zero-order valence-corrected chi connectivity index (χ0v) is 13.6. The molecule has 0 radical (unpaired) electrons. The third kappa shape index (κ3) is 3.64. The van der Waals surface area contributed by atoms with Gasteiger partial charge in [-0.05, 0) is 52.9 Å². The highest BCUT2D eigenvalue weighted by Gasteiger charge is 2.38. The lowest BCUT2D eigenvalue weighted by molar-refractivity contribution is 0.123. The van der Waals surface area contributed by atoms with Crippen LogP contribution in [0.25, 0.3) is 0 Å². The van der Waals surface area contributed by atoms with E-state index in [1.165, 1.54) is 0 Å². The zero-order valence-electron chi connectivity index (χ0n) is 13.6. The molecule has 2 fully saturated rings. The van der Waals surface area contributed by atoms with Crippen LogP contribution in [-0.4, -0.2) is 34.4 Å². The van der Waals surface area contributed by atoms with Gasteiger partial charge in [-0.1, -0.05) is 5.16 Å². The van der Waals surface area contributed by atoms with E-state index < -0.39 is 0 Å². The number of nitrogens with zero attached hydrogens (tertiary/aromatic N) is 2. The van der Waals surface area contributed by atoms with E-state index >= 15 is 0 Å². The molecule has 1 aromatic rings. The number of piperidine rings is 1. The van der Waals surface area contributed by atoms with Crippen molar-refractivity contribution in [1.29, 1.82) is 0 Å². The van der Waals surface area contributed by atoms with Crippen molar-refractivity contribution in [2.45, 2.75) is 70.4 Å². The first kappa shape index (κ1) is 15.0. The maximum Gasteiger partial charge on any atom is 0.226 e. The maximum absolute atomic E-state index is 5.48. The molecule has 2 saturated heterocycles. The average molecular weight is 293 g/mol. The summed E-state index contributed by atoms with van der Waals surface area (Å²) in [7, 11) is 0. The highest BCUT2D eigenvalue weighted by Crippen LogP contribution is 2.34. The Morgan fingerprint density at radius 3 is 2.52 bits per heavy atom. The molecule has 5 nitrogen and oxygen atoms in total. The van der Waals surface area contributed by atoms with Crippen LogP contribution in [-0.2, 0) is 11.2 Å². The second-order valence-corrected chi connectivity index (χ2v) is 7.98. The minimum absolute atomic E-state index is 0.161. The summed E-state index contributed by atoms with van der Waals surface area (Å²) in [4.78, 5) is 4.60. The van der Waals surface area contributed by atoms with E-state index in [9.17, 15) is 0 Å². The molecule has 0 spiro atoms. The lowest BCUT2D eigenvalue weighted by Crippen LogP contribution is -2.58. The molecule has 1 atom stereocenters. The molecule has 0 aliphatic carbocycles. The lowest BCUT2D eigenvalue weighted by atomic mass is 9.75. The van der Waals surface area contributed by atoms with Crippen LogP contribution in [0.3, 0.4) is 0 Å². The molecule has 0 saturated carbocycles. The molecule has 1 aromatic heterocycles. The molecule has 1 N–H and O–H groups in total. The number of aromatic nitrogens is 2. The number of ether oxygens (including phenoxy) is 1. The van der Waals surface area contributed by atoms with Gasteiger partial charge in [-0.2, -0.15) is 4.98 Å². The van der Waals surface area contributed by atoms with Gasteiger partial charge in [0.2, 0.25) is 5.89 Å². The molecule has 2 aliphatic heterocycles. The summed E-state index contributed by atoms with van der Waals surface area (Å²) < 4.78 is 10.9. The predicted octanol–water partition coefficient (Wildman–Crippen LogP) is 2.67. The Bertz CT molecular complexity index is 473. The van der Waals surface area contributed by atoms with Crippen LogP contribution in [0.5, 0.6) is 0 Å². The third-order valence-corrected chi connectivity index (χ3v) is 4.52. The molecule has 21 heavy (non-hydrogen) atoms.